The van der Waals surface area contributed by atoms with E-state index in [9.17, 15) is 4.79 Å². The first-order valence-corrected chi connectivity index (χ1v) is 9.64. The Balaban J connectivity index is 1.87. The average molecular weight is 412 g/mol. The molecule has 1 atom stereocenters. The summed E-state index contributed by atoms with van der Waals surface area (Å²) in [7, 11) is 0. The van der Waals surface area contributed by atoms with Crippen LogP contribution >= 0.6 is 27.7 Å². The van der Waals surface area contributed by atoms with Crippen molar-refractivity contribution >= 4 is 39.3 Å². The van der Waals surface area contributed by atoms with Crippen LogP contribution < -0.4 is 5.32 Å². The third kappa shape index (κ3) is 4.74. The third-order valence-corrected chi connectivity index (χ3v) is 5.64. The monoisotopic (exact) mass is 411 g/mol. The quantitative estimate of drug-likeness (QED) is 0.504. The van der Waals surface area contributed by atoms with Crippen molar-refractivity contribution in [2.75, 3.05) is 5.32 Å². The van der Waals surface area contributed by atoms with Gasteiger partial charge < -0.3 is 5.32 Å². The molecule has 0 radical (unpaired) electrons. The van der Waals surface area contributed by atoms with Crippen LogP contribution in [0.1, 0.15) is 16.4 Å². The van der Waals surface area contributed by atoms with Crippen molar-refractivity contribution in [3.8, 4) is 0 Å². The highest BCUT2D eigenvalue weighted by molar-refractivity contribution is 9.10. The van der Waals surface area contributed by atoms with E-state index >= 15 is 0 Å². The molecule has 3 rings (SSSR count). The lowest BCUT2D eigenvalue weighted by Crippen LogP contribution is -2.19. The summed E-state index contributed by atoms with van der Waals surface area (Å²) in [5, 5.41) is 2.73. The molecule has 0 fully saturated rings. The van der Waals surface area contributed by atoms with Gasteiger partial charge >= 0.3 is 0 Å². The number of halogens is 1. The average Bonchev–Trinajstić information content (AvgIpc) is 2.63. The van der Waals surface area contributed by atoms with E-state index in [0.717, 1.165) is 26.2 Å². The van der Waals surface area contributed by atoms with Crippen molar-refractivity contribution in [3.05, 3.63) is 94.5 Å². The molecule has 0 bridgehead atoms. The van der Waals surface area contributed by atoms with Crippen molar-refractivity contribution in [2.45, 2.75) is 17.1 Å². The van der Waals surface area contributed by atoms with Crippen LogP contribution in [0.25, 0.3) is 0 Å². The summed E-state index contributed by atoms with van der Waals surface area (Å²) in [5.74, 6) is -0.0374. The number of benzene rings is 3. The Hall–Kier alpha value is -2.04. The molecule has 1 N–H and O–H groups in total. The first kappa shape index (κ1) is 17.8. The molecule has 0 saturated carbocycles. The maximum absolute atomic E-state index is 13.0. The maximum atomic E-state index is 13.0. The number of hydrogen-bond donors (Lipinski definition) is 1. The number of nitrogens with one attached hydrogen (secondary N) is 1. The summed E-state index contributed by atoms with van der Waals surface area (Å²) >= 11 is 5.08. The number of carbonyl (C=O) groups is 1. The zero-order valence-electron chi connectivity index (χ0n) is 13.8. The van der Waals surface area contributed by atoms with E-state index in [1.54, 1.807) is 11.8 Å². The number of hydrogen-bond acceptors (Lipinski definition) is 2. The van der Waals surface area contributed by atoms with E-state index in [1.165, 1.54) is 0 Å². The molecule has 0 heterocycles. The van der Waals surface area contributed by atoms with Gasteiger partial charge in [0.2, 0.25) is 5.91 Å². The fourth-order valence-corrected chi connectivity index (χ4v) is 4.09. The molecule has 0 unspecified atom stereocenters. The summed E-state index contributed by atoms with van der Waals surface area (Å²) in [4.78, 5) is 14.1. The van der Waals surface area contributed by atoms with Crippen LogP contribution in [0.15, 0.2) is 88.2 Å². The number of thioether (sulfide) groups is 1. The molecule has 0 aliphatic carbocycles. The molecule has 3 aromatic rings. The van der Waals surface area contributed by atoms with Gasteiger partial charge in [0.1, 0.15) is 5.25 Å². The topological polar surface area (TPSA) is 29.1 Å². The summed E-state index contributed by atoms with van der Waals surface area (Å²) in [5.41, 5.74) is 2.91. The molecule has 0 aliphatic heterocycles. The Bertz CT molecular complexity index is 852. The van der Waals surface area contributed by atoms with Crippen LogP contribution in [-0.2, 0) is 4.79 Å². The molecular weight excluding hydrogens is 394 g/mol. The predicted octanol–water partition coefficient (Wildman–Crippen LogP) is 6.23. The lowest BCUT2D eigenvalue weighted by molar-refractivity contribution is -0.115. The second-order valence-electron chi connectivity index (χ2n) is 5.69. The zero-order chi connectivity index (χ0) is 17.6. The number of carbonyl (C=O) groups excluding carboxylic acids is 1. The first-order valence-electron chi connectivity index (χ1n) is 7.97. The van der Waals surface area contributed by atoms with Crippen LogP contribution in [0, 0.1) is 6.92 Å². The van der Waals surface area contributed by atoms with Crippen LogP contribution in [0.2, 0.25) is 0 Å². The molecule has 1 amide bonds. The Kier molecular flexibility index (Phi) is 5.95. The van der Waals surface area contributed by atoms with E-state index in [1.807, 2.05) is 85.8 Å². The van der Waals surface area contributed by atoms with Crippen LogP contribution in [0.3, 0.4) is 0 Å². The van der Waals surface area contributed by atoms with Gasteiger partial charge in [0.05, 0.1) is 5.69 Å². The number of anilines is 1. The Morgan fingerprint density at radius 2 is 1.60 bits per heavy atom. The van der Waals surface area contributed by atoms with Gasteiger partial charge in [-0.2, -0.15) is 0 Å². The normalized spacial score (nSPS) is 11.8. The van der Waals surface area contributed by atoms with E-state index in [0.29, 0.717) is 0 Å². The Morgan fingerprint density at radius 1 is 0.960 bits per heavy atom. The highest BCUT2D eigenvalue weighted by Crippen LogP contribution is 2.36. The Labute approximate surface area is 160 Å². The molecule has 4 heteroatoms. The standard InChI is InChI=1S/C21H18BrNOS/c1-15-12-13-19(18(22)14-15)23-21(24)20(16-8-4-2-5-9-16)25-17-10-6-3-7-11-17/h2-14,20H,1H3,(H,23,24)/t20-/m1/s1. The van der Waals surface area contributed by atoms with Gasteiger partial charge in [-0.05, 0) is 58.2 Å². The molecular formula is C21H18BrNOS. The molecule has 126 valence electrons. The minimum atomic E-state index is -0.322. The smallest absolute Gasteiger partial charge is 0.242 e. The lowest BCUT2D eigenvalue weighted by Gasteiger charge is -2.18. The van der Waals surface area contributed by atoms with Gasteiger partial charge in [0.15, 0.2) is 0 Å². The van der Waals surface area contributed by atoms with Crippen LogP contribution in [0.5, 0.6) is 0 Å². The van der Waals surface area contributed by atoms with Crippen molar-refractivity contribution < 1.29 is 4.79 Å². The predicted molar refractivity (Wildman–Crippen MR) is 109 cm³/mol. The van der Waals surface area contributed by atoms with Crippen molar-refractivity contribution in [1.29, 1.82) is 0 Å². The van der Waals surface area contributed by atoms with Gasteiger partial charge in [-0.15, -0.1) is 11.8 Å². The number of rotatable bonds is 5. The van der Waals surface area contributed by atoms with Crippen molar-refractivity contribution in [2.24, 2.45) is 0 Å². The summed E-state index contributed by atoms with van der Waals surface area (Å²) in [6.45, 7) is 2.02. The fraction of sp³-hybridized carbons (Fsp3) is 0.0952. The highest BCUT2D eigenvalue weighted by Gasteiger charge is 2.22. The van der Waals surface area contributed by atoms with Gasteiger partial charge in [0, 0.05) is 9.37 Å². The van der Waals surface area contributed by atoms with Crippen molar-refractivity contribution in [1.82, 2.24) is 0 Å². The van der Waals surface area contributed by atoms with E-state index in [4.69, 9.17) is 0 Å². The van der Waals surface area contributed by atoms with Gasteiger partial charge in [-0.25, -0.2) is 0 Å². The minimum absolute atomic E-state index is 0.0374. The van der Waals surface area contributed by atoms with E-state index < -0.39 is 0 Å². The van der Waals surface area contributed by atoms with Gasteiger partial charge in [0.25, 0.3) is 0 Å². The first-order chi connectivity index (χ1) is 12.1. The maximum Gasteiger partial charge on any atom is 0.242 e. The Morgan fingerprint density at radius 3 is 2.24 bits per heavy atom. The van der Waals surface area contributed by atoms with Gasteiger partial charge in [-0.3, -0.25) is 4.79 Å². The largest absolute Gasteiger partial charge is 0.324 e. The van der Waals surface area contributed by atoms with Crippen LogP contribution in [0.4, 0.5) is 5.69 Å². The number of amides is 1. The van der Waals surface area contributed by atoms with E-state index in [-0.39, 0.29) is 11.2 Å². The lowest BCUT2D eigenvalue weighted by atomic mass is 10.1. The highest BCUT2D eigenvalue weighted by atomic mass is 79.9. The van der Waals surface area contributed by atoms with Crippen LogP contribution in [-0.4, -0.2) is 5.91 Å². The van der Waals surface area contributed by atoms with Gasteiger partial charge in [-0.1, -0.05) is 54.6 Å². The second kappa shape index (κ2) is 8.37. The molecule has 2 nitrogen and oxygen atoms in total. The summed E-state index contributed by atoms with van der Waals surface area (Å²) < 4.78 is 0.886. The molecule has 0 saturated heterocycles. The minimum Gasteiger partial charge on any atom is -0.324 e. The summed E-state index contributed by atoms with van der Waals surface area (Å²) in [6, 6.07) is 25.8. The van der Waals surface area contributed by atoms with Crippen molar-refractivity contribution in [3.63, 3.8) is 0 Å². The summed E-state index contributed by atoms with van der Waals surface area (Å²) in [6.07, 6.45) is 0. The molecule has 3 aromatic carbocycles. The molecule has 25 heavy (non-hydrogen) atoms. The number of aryl methyl sites for hydroxylation is 1. The molecule has 0 aliphatic rings. The molecule has 0 aromatic heterocycles. The molecule has 0 spiro atoms. The SMILES string of the molecule is Cc1ccc(NC(=O)[C@H](Sc2ccccc2)c2ccccc2)c(Br)c1. The van der Waals surface area contributed by atoms with E-state index in [2.05, 4.69) is 21.2 Å². The second-order valence-corrected chi connectivity index (χ2v) is 7.73. The zero-order valence-corrected chi connectivity index (χ0v) is 16.2. The fourth-order valence-electron chi connectivity index (χ4n) is 2.46. The third-order valence-electron chi connectivity index (χ3n) is 3.72.